The molecule has 2 aromatic heterocycles. The molecule has 0 aliphatic heterocycles. The average Bonchev–Trinajstić information content (AvgIpc) is 2.95. The van der Waals surface area contributed by atoms with Gasteiger partial charge in [-0.1, -0.05) is 5.16 Å². The molecule has 0 saturated heterocycles. The Morgan fingerprint density at radius 3 is 2.75 bits per heavy atom. The topological polar surface area (TPSA) is 92.6 Å². The maximum atomic E-state index is 10.9. The molecule has 108 valence electrons. The molecule has 20 heavy (non-hydrogen) atoms. The molecule has 0 saturated carbocycles. The first-order chi connectivity index (χ1) is 9.36. The van der Waals surface area contributed by atoms with Gasteiger partial charge < -0.3 is 14.0 Å². The van der Waals surface area contributed by atoms with Crippen LogP contribution in [-0.4, -0.2) is 38.2 Å². The van der Waals surface area contributed by atoms with Gasteiger partial charge in [0.05, 0.1) is 19.4 Å². The molecule has 0 spiro atoms. The second kappa shape index (κ2) is 5.46. The first-order valence-corrected chi connectivity index (χ1v) is 6.19. The number of aromatic nitrogens is 2. The van der Waals surface area contributed by atoms with Crippen molar-refractivity contribution in [3.05, 3.63) is 24.3 Å². The maximum Gasteiger partial charge on any atom is 0.317 e. The predicted molar refractivity (Wildman–Crippen MR) is 69.8 cm³/mol. The van der Waals surface area contributed by atoms with E-state index in [1.807, 2.05) is 20.8 Å². The molecule has 0 amide bonds. The van der Waals surface area contributed by atoms with Crippen LogP contribution in [0.25, 0.3) is 11.6 Å². The first-order valence-electron chi connectivity index (χ1n) is 6.19. The summed E-state index contributed by atoms with van der Waals surface area (Å²) < 4.78 is 10.3. The lowest BCUT2D eigenvalue weighted by Crippen LogP contribution is -2.43. The van der Waals surface area contributed by atoms with Crippen LogP contribution in [0, 0.1) is 0 Å². The van der Waals surface area contributed by atoms with E-state index >= 15 is 0 Å². The molecule has 0 aromatic carbocycles. The normalized spacial score (nSPS) is 12.0. The van der Waals surface area contributed by atoms with Crippen molar-refractivity contribution in [3.63, 3.8) is 0 Å². The zero-order valence-electron chi connectivity index (χ0n) is 11.7. The van der Waals surface area contributed by atoms with Gasteiger partial charge in [0.1, 0.15) is 0 Å². The van der Waals surface area contributed by atoms with E-state index in [0.29, 0.717) is 17.5 Å². The van der Waals surface area contributed by atoms with Crippen molar-refractivity contribution in [2.75, 3.05) is 6.54 Å². The van der Waals surface area contributed by atoms with Crippen molar-refractivity contribution in [2.24, 2.45) is 0 Å². The number of carboxylic acid groups (broad SMARTS) is 1. The van der Waals surface area contributed by atoms with E-state index in [1.165, 1.54) is 6.26 Å². The molecular formula is C13H17N3O4. The molecule has 0 aliphatic carbocycles. The Bertz CT molecular complexity index is 569. The van der Waals surface area contributed by atoms with Gasteiger partial charge in [0, 0.05) is 5.54 Å². The highest BCUT2D eigenvalue weighted by molar-refractivity contribution is 5.69. The van der Waals surface area contributed by atoms with Crippen LogP contribution in [0.5, 0.6) is 0 Å². The van der Waals surface area contributed by atoms with Crippen molar-refractivity contribution in [3.8, 4) is 11.6 Å². The van der Waals surface area contributed by atoms with Crippen molar-refractivity contribution >= 4 is 5.97 Å². The van der Waals surface area contributed by atoms with E-state index in [4.69, 9.17) is 14.0 Å². The SMILES string of the molecule is CC(C)(C)N(CC(=O)O)Cc1nc(-c2ccco2)no1. The molecule has 0 radical (unpaired) electrons. The van der Waals surface area contributed by atoms with Gasteiger partial charge in [-0.3, -0.25) is 9.69 Å². The minimum atomic E-state index is -0.898. The van der Waals surface area contributed by atoms with E-state index in [9.17, 15) is 4.79 Å². The highest BCUT2D eigenvalue weighted by Gasteiger charge is 2.26. The van der Waals surface area contributed by atoms with E-state index in [1.54, 1.807) is 17.0 Å². The number of carbonyl (C=O) groups is 1. The van der Waals surface area contributed by atoms with Gasteiger partial charge >= 0.3 is 5.97 Å². The number of nitrogens with zero attached hydrogens (tertiary/aromatic N) is 3. The Morgan fingerprint density at radius 1 is 1.45 bits per heavy atom. The fraction of sp³-hybridized carbons (Fsp3) is 0.462. The minimum Gasteiger partial charge on any atom is -0.480 e. The van der Waals surface area contributed by atoms with Gasteiger partial charge in [-0.15, -0.1) is 0 Å². The third kappa shape index (κ3) is 3.45. The number of furan rings is 1. The minimum absolute atomic E-state index is 0.0953. The molecule has 0 fully saturated rings. The zero-order chi connectivity index (χ0) is 14.8. The number of hydrogen-bond donors (Lipinski definition) is 1. The van der Waals surface area contributed by atoms with Gasteiger partial charge in [0.25, 0.3) is 0 Å². The molecule has 2 rings (SSSR count). The second-order valence-electron chi connectivity index (χ2n) is 5.41. The lowest BCUT2D eigenvalue weighted by atomic mass is 10.1. The van der Waals surface area contributed by atoms with Crippen molar-refractivity contribution in [1.29, 1.82) is 0 Å². The van der Waals surface area contributed by atoms with Crippen LogP contribution in [-0.2, 0) is 11.3 Å². The molecule has 0 atom stereocenters. The van der Waals surface area contributed by atoms with E-state index in [0.717, 1.165) is 0 Å². The fourth-order valence-corrected chi connectivity index (χ4v) is 1.68. The Labute approximate surface area is 116 Å². The summed E-state index contributed by atoms with van der Waals surface area (Å²) in [5.41, 5.74) is -0.322. The molecule has 0 bridgehead atoms. The zero-order valence-corrected chi connectivity index (χ0v) is 11.7. The van der Waals surface area contributed by atoms with E-state index < -0.39 is 5.97 Å². The van der Waals surface area contributed by atoms with Crippen LogP contribution in [0.4, 0.5) is 0 Å². The Balaban J connectivity index is 2.13. The van der Waals surface area contributed by atoms with Crippen LogP contribution in [0.3, 0.4) is 0 Å². The number of aliphatic carboxylic acids is 1. The largest absolute Gasteiger partial charge is 0.480 e. The lowest BCUT2D eigenvalue weighted by Gasteiger charge is -2.32. The summed E-state index contributed by atoms with van der Waals surface area (Å²) in [5.74, 6) is 0.327. The van der Waals surface area contributed by atoms with Gasteiger partial charge in [0.15, 0.2) is 5.76 Å². The molecule has 0 unspecified atom stereocenters. The van der Waals surface area contributed by atoms with Crippen LogP contribution >= 0.6 is 0 Å². The third-order valence-corrected chi connectivity index (χ3v) is 2.81. The first kappa shape index (κ1) is 14.3. The Kier molecular flexibility index (Phi) is 3.89. The molecule has 1 N–H and O–H groups in total. The van der Waals surface area contributed by atoms with Gasteiger partial charge in [-0.05, 0) is 32.9 Å². The quantitative estimate of drug-likeness (QED) is 0.894. The van der Waals surface area contributed by atoms with E-state index in [-0.39, 0.29) is 18.6 Å². The highest BCUT2D eigenvalue weighted by atomic mass is 16.5. The summed E-state index contributed by atoms with van der Waals surface area (Å²) in [6, 6.07) is 3.46. The molecular weight excluding hydrogens is 262 g/mol. The van der Waals surface area contributed by atoms with Crippen LogP contribution in [0.1, 0.15) is 26.7 Å². The maximum absolute atomic E-state index is 10.9. The summed E-state index contributed by atoms with van der Waals surface area (Å²) in [6.07, 6.45) is 1.53. The summed E-state index contributed by atoms with van der Waals surface area (Å²) in [7, 11) is 0. The van der Waals surface area contributed by atoms with Gasteiger partial charge in [-0.2, -0.15) is 4.98 Å². The monoisotopic (exact) mass is 279 g/mol. The number of carboxylic acids is 1. The molecule has 7 heteroatoms. The lowest BCUT2D eigenvalue weighted by molar-refractivity contribution is -0.140. The van der Waals surface area contributed by atoms with E-state index in [2.05, 4.69) is 10.1 Å². The molecule has 2 heterocycles. The molecule has 7 nitrogen and oxygen atoms in total. The van der Waals surface area contributed by atoms with Crippen LogP contribution in [0.2, 0.25) is 0 Å². The van der Waals surface area contributed by atoms with Gasteiger partial charge in [0.2, 0.25) is 11.7 Å². The summed E-state index contributed by atoms with van der Waals surface area (Å²) in [5, 5.41) is 12.8. The van der Waals surface area contributed by atoms with Crippen LogP contribution < -0.4 is 0 Å². The molecule has 2 aromatic rings. The third-order valence-electron chi connectivity index (χ3n) is 2.81. The standard InChI is InChI=1S/C13H17N3O4/c1-13(2,3)16(8-11(17)18)7-10-14-12(15-20-10)9-5-4-6-19-9/h4-6H,7-8H2,1-3H3,(H,17,18). The van der Waals surface area contributed by atoms with Crippen molar-refractivity contribution < 1.29 is 18.8 Å². The predicted octanol–water partition coefficient (Wildman–Crippen LogP) is 2.01. The second-order valence-corrected chi connectivity index (χ2v) is 5.41. The fourth-order valence-electron chi connectivity index (χ4n) is 1.68. The van der Waals surface area contributed by atoms with Gasteiger partial charge in [-0.25, -0.2) is 0 Å². The number of rotatable bonds is 5. The number of hydrogen-bond acceptors (Lipinski definition) is 6. The summed E-state index contributed by atoms with van der Waals surface area (Å²) in [6.45, 7) is 5.96. The summed E-state index contributed by atoms with van der Waals surface area (Å²) >= 11 is 0. The Morgan fingerprint density at radius 2 is 2.20 bits per heavy atom. The van der Waals surface area contributed by atoms with Crippen molar-refractivity contribution in [2.45, 2.75) is 32.9 Å². The molecule has 0 aliphatic rings. The average molecular weight is 279 g/mol. The van der Waals surface area contributed by atoms with Crippen molar-refractivity contribution in [1.82, 2.24) is 15.0 Å². The highest BCUT2D eigenvalue weighted by Crippen LogP contribution is 2.19. The van der Waals surface area contributed by atoms with Crippen LogP contribution in [0.15, 0.2) is 27.3 Å². The summed E-state index contributed by atoms with van der Waals surface area (Å²) in [4.78, 5) is 16.9. The Hall–Kier alpha value is -2.15. The smallest absolute Gasteiger partial charge is 0.317 e.